The van der Waals surface area contributed by atoms with Gasteiger partial charge < -0.3 is 0 Å². The van der Waals surface area contributed by atoms with Gasteiger partial charge in [0.15, 0.2) is 5.82 Å². The summed E-state index contributed by atoms with van der Waals surface area (Å²) in [6.45, 7) is 2.56. The predicted molar refractivity (Wildman–Crippen MR) is 138 cm³/mol. The summed E-state index contributed by atoms with van der Waals surface area (Å²) in [5.41, 5.74) is 4.97. The number of hydrogen-bond acceptors (Lipinski definition) is 6. The third-order valence-corrected chi connectivity index (χ3v) is 5.77. The van der Waals surface area contributed by atoms with Crippen molar-refractivity contribution >= 4 is 11.9 Å². The Morgan fingerprint density at radius 2 is 1.67 bits per heavy atom. The van der Waals surface area contributed by atoms with Gasteiger partial charge in [0.2, 0.25) is 17.4 Å². The molecule has 2 heterocycles. The van der Waals surface area contributed by atoms with E-state index in [1.807, 2.05) is 66.7 Å². The average Bonchev–Trinajstić information content (AvgIpc) is 3.59. The van der Waals surface area contributed by atoms with Gasteiger partial charge in [-0.3, -0.25) is 4.79 Å². The SMILES string of the molecule is CCC=Cc1nc(C(=O)Cc2ccccc2)nn1Cc1ccc(-c2ccccc2-c2nn[nH]n2)cc1. The highest BCUT2D eigenvalue weighted by Gasteiger charge is 2.16. The number of benzene rings is 3. The zero-order chi connectivity index (χ0) is 24.7. The smallest absolute Gasteiger partial charge is 0.218 e. The molecule has 0 fully saturated rings. The lowest BCUT2D eigenvalue weighted by atomic mass is 9.98. The third kappa shape index (κ3) is 5.17. The van der Waals surface area contributed by atoms with Crippen LogP contribution in [-0.4, -0.2) is 41.2 Å². The summed E-state index contributed by atoms with van der Waals surface area (Å²) in [5, 5.41) is 19.0. The molecule has 0 aliphatic carbocycles. The molecule has 0 spiro atoms. The summed E-state index contributed by atoms with van der Waals surface area (Å²) < 4.78 is 1.78. The molecular weight excluding hydrogens is 450 g/mol. The Morgan fingerprint density at radius 1 is 0.917 bits per heavy atom. The highest BCUT2D eigenvalue weighted by molar-refractivity contribution is 5.94. The van der Waals surface area contributed by atoms with Crippen molar-refractivity contribution in [3.8, 4) is 22.5 Å². The van der Waals surface area contributed by atoms with Gasteiger partial charge in [-0.2, -0.15) is 5.21 Å². The third-order valence-electron chi connectivity index (χ3n) is 5.77. The topological polar surface area (TPSA) is 102 Å². The predicted octanol–water partition coefficient (Wildman–Crippen LogP) is 5.02. The van der Waals surface area contributed by atoms with Gasteiger partial charge in [0.05, 0.1) is 6.54 Å². The lowest BCUT2D eigenvalue weighted by Gasteiger charge is -2.09. The van der Waals surface area contributed by atoms with E-state index < -0.39 is 0 Å². The van der Waals surface area contributed by atoms with Crippen LogP contribution in [-0.2, 0) is 13.0 Å². The fourth-order valence-electron chi connectivity index (χ4n) is 3.96. The first-order chi connectivity index (χ1) is 17.7. The number of tetrazole rings is 1. The zero-order valence-electron chi connectivity index (χ0n) is 19.9. The molecule has 36 heavy (non-hydrogen) atoms. The first-order valence-electron chi connectivity index (χ1n) is 11.8. The summed E-state index contributed by atoms with van der Waals surface area (Å²) in [6.07, 6.45) is 5.08. The molecule has 0 saturated carbocycles. The molecule has 0 amide bonds. The van der Waals surface area contributed by atoms with Gasteiger partial charge in [0, 0.05) is 12.0 Å². The van der Waals surface area contributed by atoms with Crippen LogP contribution >= 0.6 is 0 Å². The maximum Gasteiger partial charge on any atom is 0.218 e. The molecule has 0 aliphatic heterocycles. The van der Waals surface area contributed by atoms with Crippen LogP contribution < -0.4 is 0 Å². The number of nitrogens with one attached hydrogen (secondary N) is 1. The molecule has 0 bridgehead atoms. The number of H-pyrrole nitrogens is 1. The monoisotopic (exact) mass is 475 g/mol. The van der Waals surface area contributed by atoms with Crippen molar-refractivity contribution in [3.05, 3.63) is 108 Å². The normalized spacial score (nSPS) is 11.2. The van der Waals surface area contributed by atoms with E-state index in [0.29, 0.717) is 18.2 Å². The van der Waals surface area contributed by atoms with Gasteiger partial charge in [0.25, 0.3) is 0 Å². The van der Waals surface area contributed by atoms with Gasteiger partial charge in [-0.05, 0) is 40.0 Å². The summed E-state index contributed by atoms with van der Waals surface area (Å²) in [5.74, 6) is 1.36. The van der Waals surface area contributed by atoms with E-state index in [0.717, 1.165) is 34.2 Å². The summed E-state index contributed by atoms with van der Waals surface area (Å²) >= 11 is 0. The second kappa shape index (κ2) is 10.7. The van der Waals surface area contributed by atoms with E-state index in [2.05, 4.69) is 61.9 Å². The van der Waals surface area contributed by atoms with Crippen LogP contribution in [0.25, 0.3) is 28.6 Å². The summed E-state index contributed by atoms with van der Waals surface area (Å²) in [7, 11) is 0. The molecule has 0 unspecified atom stereocenters. The molecule has 0 radical (unpaired) electrons. The van der Waals surface area contributed by atoms with E-state index in [1.165, 1.54) is 0 Å². The van der Waals surface area contributed by atoms with E-state index in [-0.39, 0.29) is 18.0 Å². The molecular formula is C28H25N7O. The van der Waals surface area contributed by atoms with Gasteiger partial charge >= 0.3 is 0 Å². The standard InChI is InChI=1S/C28H25N7O/c1-2-3-13-26-29-28(25(36)18-20-9-5-4-6-10-20)32-35(26)19-21-14-16-22(17-15-21)23-11-7-8-12-24(23)27-30-33-34-31-27/h3-17H,2,18-19H2,1H3,(H,30,31,33,34). The van der Waals surface area contributed by atoms with Crippen LogP contribution in [0.1, 0.15) is 40.9 Å². The van der Waals surface area contributed by atoms with E-state index in [1.54, 1.807) is 4.68 Å². The number of carbonyl (C=O) groups excluding carboxylic acids is 1. The van der Waals surface area contributed by atoms with Gasteiger partial charge in [-0.1, -0.05) is 91.9 Å². The highest BCUT2D eigenvalue weighted by Crippen LogP contribution is 2.29. The molecule has 0 aliphatic rings. The lowest BCUT2D eigenvalue weighted by Crippen LogP contribution is -2.08. The number of Topliss-reactive ketones (excluding diaryl/α,β-unsaturated/α-hetero) is 1. The number of aromatic nitrogens is 7. The average molecular weight is 476 g/mol. The lowest BCUT2D eigenvalue weighted by molar-refractivity contribution is 0.0983. The largest absolute Gasteiger partial charge is 0.290 e. The van der Waals surface area contributed by atoms with Gasteiger partial charge in [0.1, 0.15) is 0 Å². The quantitative estimate of drug-likeness (QED) is 0.300. The fraction of sp³-hybridized carbons (Fsp3) is 0.143. The molecule has 8 nitrogen and oxygen atoms in total. The van der Waals surface area contributed by atoms with Crippen LogP contribution in [0.2, 0.25) is 0 Å². The minimum Gasteiger partial charge on any atom is -0.290 e. The maximum absolute atomic E-state index is 12.9. The minimum absolute atomic E-state index is 0.0977. The van der Waals surface area contributed by atoms with E-state index in [4.69, 9.17) is 0 Å². The molecule has 1 N–H and O–H groups in total. The van der Waals surface area contributed by atoms with Crippen molar-refractivity contribution in [2.24, 2.45) is 0 Å². The van der Waals surface area contributed by atoms with Crippen LogP contribution in [0.5, 0.6) is 0 Å². The van der Waals surface area contributed by atoms with Gasteiger partial charge in [-0.25, -0.2) is 9.67 Å². The van der Waals surface area contributed by atoms with Crippen molar-refractivity contribution in [3.63, 3.8) is 0 Å². The molecule has 0 atom stereocenters. The number of aromatic amines is 1. The molecule has 3 aromatic carbocycles. The minimum atomic E-state index is -0.0977. The number of allylic oxidation sites excluding steroid dienone is 1. The number of rotatable bonds is 9. The van der Waals surface area contributed by atoms with Crippen molar-refractivity contribution in [2.45, 2.75) is 26.3 Å². The highest BCUT2D eigenvalue weighted by atomic mass is 16.1. The van der Waals surface area contributed by atoms with Crippen molar-refractivity contribution < 1.29 is 4.79 Å². The summed E-state index contributed by atoms with van der Waals surface area (Å²) in [6, 6.07) is 25.9. The Hall–Kier alpha value is -4.72. The fourth-order valence-corrected chi connectivity index (χ4v) is 3.96. The first kappa shape index (κ1) is 23.0. The Kier molecular flexibility index (Phi) is 6.84. The van der Waals surface area contributed by atoms with Gasteiger partial charge in [-0.15, -0.1) is 15.3 Å². The second-order valence-electron chi connectivity index (χ2n) is 8.33. The summed E-state index contributed by atoms with van der Waals surface area (Å²) in [4.78, 5) is 17.4. The van der Waals surface area contributed by atoms with Crippen LogP contribution in [0.3, 0.4) is 0 Å². The zero-order valence-corrected chi connectivity index (χ0v) is 19.9. The number of hydrogen-bond donors (Lipinski definition) is 1. The molecule has 2 aromatic heterocycles. The molecule has 8 heteroatoms. The van der Waals surface area contributed by atoms with Crippen LogP contribution in [0.4, 0.5) is 0 Å². The Morgan fingerprint density at radius 3 is 2.39 bits per heavy atom. The first-order valence-corrected chi connectivity index (χ1v) is 11.8. The molecule has 0 saturated heterocycles. The van der Waals surface area contributed by atoms with Crippen molar-refractivity contribution in [1.29, 1.82) is 0 Å². The van der Waals surface area contributed by atoms with Crippen molar-refractivity contribution in [1.82, 2.24) is 35.4 Å². The van der Waals surface area contributed by atoms with Crippen LogP contribution in [0, 0.1) is 0 Å². The molecule has 5 aromatic rings. The van der Waals surface area contributed by atoms with Crippen LogP contribution in [0.15, 0.2) is 84.9 Å². The molecule has 178 valence electrons. The Balaban J connectivity index is 1.39. The number of ketones is 1. The number of carbonyl (C=O) groups is 1. The Bertz CT molecular complexity index is 1470. The van der Waals surface area contributed by atoms with E-state index in [9.17, 15) is 4.79 Å². The molecule has 5 rings (SSSR count). The van der Waals surface area contributed by atoms with E-state index >= 15 is 0 Å². The number of nitrogens with zero attached hydrogens (tertiary/aromatic N) is 6. The second-order valence-corrected chi connectivity index (χ2v) is 8.33. The Labute approximate surface area is 208 Å². The van der Waals surface area contributed by atoms with Crippen molar-refractivity contribution in [2.75, 3.05) is 0 Å². The maximum atomic E-state index is 12.9.